The van der Waals surface area contributed by atoms with Crippen LogP contribution >= 0.6 is 34.8 Å². The molecule has 0 saturated heterocycles. The molecule has 0 saturated carbocycles. The van der Waals surface area contributed by atoms with Gasteiger partial charge in [0.05, 0.1) is 0 Å². The van der Waals surface area contributed by atoms with E-state index in [0.29, 0.717) is 87.3 Å². The van der Waals surface area contributed by atoms with E-state index < -0.39 is 11.8 Å². The number of aromatic amines is 1. The largest absolute Gasteiger partial charge is 0.508 e. The molecule has 0 atom stereocenters. The van der Waals surface area contributed by atoms with Crippen LogP contribution in [0.1, 0.15) is 37.0 Å². The Bertz CT molecular complexity index is 2170. The zero-order valence-electron chi connectivity index (χ0n) is 26.6. The minimum atomic E-state index is -0.465. The molecule has 2 heterocycles. The van der Waals surface area contributed by atoms with Crippen LogP contribution in [-0.4, -0.2) is 58.5 Å². The number of nitrogens with one attached hydrogen (secondary N) is 4. The number of anilines is 4. The zero-order chi connectivity index (χ0) is 35.2. The van der Waals surface area contributed by atoms with Crippen molar-refractivity contribution < 1.29 is 23.9 Å². The topological polar surface area (TPSA) is 140 Å². The number of nitrogens with zero attached hydrogens (tertiary/aromatic N) is 1. The highest BCUT2D eigenvalue weighted by Gasteiger charge is 2.17. The van der Waals surface area contributed by atoms with E-state index in [4.69, 9.17) is 39.2 Å². The number of aromatic nitrogens is 1. The predicted octanol–water partition coefficient (Wildman–Crippen LogP) is 8.44. The lowest BCUT2D eigenvalue weighted by molar-refractivity contribution is 0.0995. The highest BCUT2D eigenvalue weighted by molar-refractivity contribution is 6.19. The summed E-state index contributed by atoms with van der Waals surface area (Å²) in [5, 5.41) is 19.8. The van der Waals surface area contributed by atoms with Gasteiger partial charge in [0.25, 0.3) is 17.7 Å². The summed E-state index contributed by atoms with van der Waals surface area (Å²) in [7, 11) is 0. The maximum absolute atomic E-state index is 13.2. The standard InChI is InChI=1S/C37H32Cl3N5O5/c38-12-11-22-3-8-29(46)21-31(22)44-36(48)32-19-24-17-26(4-9-30(24)43-32)42-37(49)34-20-25-18-27(5-10-33(25)50-34)41-35(47)23-1-6-28(7-2-23)45(15-13-39)16-14-40/h1-10,17-21,43,46H,11-16H2,(H,41,47)(H,42,49)(H,44,48). The molecular formula is C37H32Cl3N5O5. The molecule has 0 aliphatic rings. The molecule has 13 heteroatoms. The number of fused-ring (bicyclic) bond motifs is 2. The molecule has 5 N–H and O–H groups in total. The van der Waals surface area contributed by atoms with Gasteiger partial charge in [0.2, 0.25) is 0 Å². The van der Waals surface area contributed by atoms with E-state index >= 15 is 0 Å². The van der Waals surface area contributed by atoms with E-state index in [2.05, 4.69) is 25.8 Å². The van der Waals surface area contributed by atoms with E-state index in [0.717, 1.165) is 11.3 Å². The third-order valence-corrected chi connectivity index (χ3v) is 8.56. The van der Waals surface area contributed by atoms with Crippen molar-refractivity contribution in [2.45, 2.75) is 6.42 Å². The molecule has 0 unspecified atom stereocenters. The first-order valence-electron chi connectivity index (χ1n) is 15.7. The van der Waals surface area contributed by atoms with Gasteiger partial charge in [0, 0.05) is 81.4 Å². The molecule has 0 bridgehead atoms. The Morgan fingerprint density at radius 2 is 1.40 bits per heavy atom. The van der Waals surface area contributed by atoms with Gasteiger partial charge in [-0.15, -0.1) is 34.8 Å². The van der Waals surface area contributed by atoms with Crippen molar-refractivity contribution >= 4 is 97.1 Å². The van der Waals surface area contributed by atoms with Crippen molar-refractivity contribution in [1.29, 1.82) is 0 Å². The van der Waals surface area contributed by atoms with E-state index in [1.54, 1.807) is 72.8 Å². The molecule has 50 heavy (non-hydrogen) atoms. The number of phenols is 1. The molecule has 6 aromatic rings. The van der Waals surface area contributed by atoms with Crippen molar-refractivity contribution in [2.75, 3.05) is 51.6 Å². The number of furan rings is 1. The molecule has 3 amide bonds. The van der Waals surface area contributed by atoms with E-state index in [-0.39, 0.29) is 17.4 Å². The molecule has 256 valence electrons. The Morgan fingerprint density at radius 1 is 0.700 bits per heavy atom. The maximum Gasteiger partial charge on any atom is 0.291 e. The van der Waals surface area contributed by atoms with Gasteiger partial charge in [0.15, 0.2) is 5.76 Å². The SMILES string of the molecule is O=C(Nc1ccc2oc(C(=O)Nc3ccc4[nH]c(C(=O)Nc5cc(O)ccc5CCCl)cc4c3)cc2c1)c1ccc(N(CCCl)CCCl)cc1. The van der Waals surface area contributed by atoms with E-state index in [1.807, 2.05) is 12.1 Å². The molecule has 0 spiro atoms. The van der Waals surface area contributed by atoms with Gasteiger partial charge in [0.1, 0.15) is 17.0 Å². The highest BCUT2D eigenvalue weighted by atomic mass is 35.5. The lowest BCUT2D eigenvalue weighted by atomic mass is 10.1. The molecule has 0 aliphatic carbocycles. The summed E-state index contributed by atoms with van der Waals surface area (Å²) in [6.45, 7) is 1.29. The number of H-pyrrole nitrogens is 1. The van der Waals surface area contributed by atoms with Crippen LogP contribution in [0.2, 0.25) is 0 Å². The van der Waals surface area contributed by atoms with Crippen molar-refractivity contribution in [3.63, 3.8) is 0 Å². The number of halogens is 3. The van der Waals surface area contributed by atoms with Crippen LogP contribution in [0.25, 0.3) is 21.9 Å². The van der Waals surface area contributed by atoms with Gasteiger partial charge in [-0.1, -0.05) is 6.07 Å². The van der Waals surface area contributed by atoms with Gasteiger partial charge in [-0.3, -0.25) is 14.4 Å². The summed E-state index contributed by atoms with van der Waals surface area (Å²) < 4.78 is 5.80. The van der Waals surface area contributed by atoms with Crippen LogP contribution in [0.4, 0.5) is 22.7 Å². The highest BCUT2D eigenvalue weighted by Crippen LogP contribution is 2.27. The first kappa shape index (κ1) is 34.7. The maximum atomic E-state index is 13.2. The fraction of sp³-hybridized carbons (Fsp3) is 0.162. The third-order valence-electron chi connectivity index (χ3n) is 8.03. The lowest BCUT2D eigenvalue weighted by Crippen LogP contribution is -2.27. The normalized spacial score (nSPS) is 11.1. The van der Waals surface area contributed by atoms with Gasteiger partial charge in [-0.25, -0.2) is 0 Å². The third kappa shape index (κ3) is 8.00. The Balaban J connectivity index is 1.11. The smallest absolute Gasteiger partial charge is 0.291 e. The minimum absolute atomic E-state index is 0.0271. The van der Waals surface area contributed by atoms with Gasteiger partial charge >= 0.3 is 0 Å². The number of hydrogen-bond acceptors (Lipinski definition) is 6. The van der Waals surface area contributed by atoms with E-state index in [9.17, 15) is 19.5 Å². The number of benzene rings is 4. The number of carbonyl (C=O) groups is 3. The second-order valence-electron chi connectivity index (χ2n) is 11.4. The number of carbonyl (C=O) groups excluding carboxylic acids is 3. The Hall–Kier alpha value is -5.16. The van der Waals surface area contributed by atoms with Gasteiger partial charge in [-0.05, 0) is 90.8 Å². The molecule has 0 fully saturated rings. The molecule has 0 radical (unpaired) electrons. The van der Waals surface area contributed by atoms with Crippen LogP contribution in [0.15, 0.2) is 95.4 Å². The van der Waals surface area contributed by atoms with Crippen LogP contribution in [-0.2, 0) is 6.42 Å². The number of phenolic OH excluding ortho intramolecular Hbond substituents is 1. The van der Waals surface area contributed by atoms with Crippen molar-refractivity contribution in [3.05, 3.63) is 114 Å². The lowest BCUT2D eigenvalue weighted by Gasteiger charge is -2.22. The number of rotatable bonds is 13. The number of aryl methyl sites for hydroxylation is 1. The molecule has 0 aliphatic heterocycles. The molecule has 10 nitrogen and oxygen atoms in total. The second-order valence-corrected chi connectivity index (χ2v) is 12.5. The first-order valence-corrected chi connectivity index (χ1v) is 17.3. The van der Waals surface area contributed by atoms with Crippen LogP contribution in [0.5, 0.6) is 5.75 Å². The summed E-state index contributed by atoms with van der Waals surface area (Å²) in [5.41, 5.74) is 5.21. The second kappa shape index (κ2) is 15.6. The number of hydrogen-bond donors (Lipinski definition) is 5. The molecular weight excluding hydrogens is 701 g/mol. The number of amides is 3. The van der Waals surface area contributed by atoms with E-state index in [1.165, 1.54) is 6.07 Å². The van der Waals surface area contributed by atoms with Gasteiger partial charge in [-0.2, -0.15) is 0 Å². The van der Waals surface area contributed by atoms with Gasteiger partial charge < -0.3 is 35.4 Å². The van der Waals surface area contributed by atoms with Crippen molar-refractivity contribution in [2.24, 2.45) is 0 Å². The summed E-state index contributed by atoms with van der Waals surface area (Å²) in [6, 6.07) is 25.6. The average Bonchev–Trinajstić information content (AvgIpc) is 3.74. The molecule has 2 aromatic heterocycles. The Labute approximate surface area is 302 Å². The van der Waals surface area contributed by atoms with Crippen molar-refractivity contribution in [3.8, 4) is 5.75 Å². The fourth-order valence-corrected chi connectivity index (χ4v) is 6.16. The van der Waals surface area contributed by atoms with Crippen LogP contribution in [0.3, 0.4) is 0 Å². The predicted molar refractivity (Wildman–Crippen MR) is 201 cm³/mol. The molecule has 4 aromatic carbocycles. The Morgan fingerprint density at radius 3 is 2.12 bits per heavy atom. The summed E-state index contributed by atoms with van der Waals surface area (Å²) >= 11 is 17.7. The zero-order valence-corrected chi connectivity index (χ0v) is 28.8. The number of alkyl halides is 3. The first-order chi connectivity index (χ1) is 24.2. The molecule has 6 rings (SSSR count). The number of aromatic hydroxyl groups is 1. The minimum Gasteiger partial charge on any atom is -0.508 e. The summed E-state index contributed by atoms with van der Waals surface area (Å²) in [4.78, 5) is 44.3. The summed E-state index contributed by atoms with van der Waals surface area (Å²) in [5.74, 6) is 0.269. The monoisotopic (exact) mass is 731 g/mol. The fourth-order valence-electron chi connectivity index (χ4n) is 5.55. The quantitative estimate of drug-likeness (QED) is 0.0756. The van der Waals surface area contributed by atoms with Crippen LogP contribution in [0, 0.1) is 0 Å². The summed E-state index contributed by atoms with van der Waals surface area (Å²) in [6.07, 6.45) is 0.525. The van der Waals surface area contributed by atoms with Crippen molar-refractivity contribution in [1.82, 2.24) is 4.98 Å². The average molecular weight is 733 g/mol. The Kier molecular flexibility index (Phi) is 10.8. The van der Waals surface area contributed by atoms with Crippen LogP contribution < -0.4 is 20.9 Å².